The van der Waals surface area contributed by atoms with Crippen LogP contribution in [0.15, 0.2) is 48.7 Å². The second kappa shape index (κ2) is 8.17. The fourth-order valence-corrected chi connectivity index (χ4v) is 3.04. The molecule has 0 saturated heterocycles. The summed E-state index contributed by atoms with van der Waals surface area (Å²) in [6, 6.07) is 10.7. The van der Waals surface area contributed by atoms with Gasteiger partial charge in [0.2, 0.25) is 0 Å². The summed E-state index contributed by atoms with van der Waals surface area (Å²) in [5.74, 6) is 1.63. The van der Waals surface area contributed by atoms with Gasteiger partial charge in [-0.05, 0) is 63.1 Å². The lowest BCUT2D eigenvalue weighted by atomic mass is 10.1. The van der Waals surface area contributed by atoms with Gasteiger partial charge in [0.1, 0.15) is 11.5 Å². The Kier molecular flexibility index (Phi) is 5.71. The molecular weight excluding hydrogens is 312 g/mol. The van der Waals surface area contributed by atoms with Crippen molar-refractivity contribution in [2.45, 2.75) is 33.2 Å². The number of ether oxygens (including phenoxy) is 2. The van der Waals surface area contributed by atoms with Gasteiger partial charge < -0.3 is 14.4 Å². The van der Waals surface area contributed by atoms with Gasteiger partial charge in [0.15, 0.2) is 0 Å². The molecule has 0 amide bonds. The smallest absolute Gasteiger partial charge is 0.145 e. The largest absolute Gasteiger partial charge is 0.455 e. The Hall–Kier alpha value is -2.33. The molecule has 132 valence electrons. The monoisotopic (exact) mass is 338 g/mol. The van der Waals surface area contributed by atoms with Crippen LogP contribution >= 0.6 is 0 Å². The van der Waals surface area contributed by atoms with E-state index in [4.69, 9.17) is 9.47 Å². The first-order valence-corrected chi connectivity index (χ1v) is 8.89. The third kappa shape index (κ3) is 4.40. The predicted molar refractivity (Wildman–Crippen MR) is 102 cm³/mol. The molecule has 0 bridgehead atoms. The van der Waals surface area contributed by atoms with Crippen molar-refractivity contribution in [3.8, 4) is 11.5 Å². The first-order chi connectivity index (χ1) is 12.2. The molecule has 0 radical (unpaired) electrons. The third-order valence-electron chi connectivity index (χ3n) is 4.42. The molecule has 0 saturated carbocycles. The van der Waals surface area contributed by atoms with E-state index in [9.17, 15) is 0 Å². The molecule has 1 aromatic heterocycles. The van der Waals surface area contributed by atoms with Crippen LogP contribution in [0.4, 0.5) is 5.69 Å². The Morgan fingerprint density at radius 2 is 2.08 bits per heavy atom. The molecule has 1 aliphatic rings. The maximum atomic E-state index is 5.97. The van der Waals surface area contributed by atoms with E-state index in [1.807, 2.05) is 32.0 Å². The summed E-state index contributed by atoms with van der Waals surface area (Å²) in [6.45, 7) is 8.60. The summed E-state index contributed by atoms with van der Waals surface area (Å²) in [7, 11) is 0. The lowest BCUT2D eigenvalue weighted by Crippen LogP contribution is -2.30. The average molecular weight is 338 g/mol. The van der Waals surface area contributed by atoms with Crippen molar-refractivity contribution in [3.05, 3.63) is 59.9 Å². The number of hydrogen-bond acceptors (Lipinski definition) is 4. The van der Waals surface area contributed by atoms with Gasteiger partial charge in [-0.15, -0.1) is 0 Å². The van der Waals surface area contributed by atoms with Crippen LogP contribution in [-0.4, -0.2) is 30.8 Å². The highest BCUT2D eigenvalue weighted by atomic mass is 16.5. The second-order valence-corrected chi connectivity index (χ2v) is 6.32. The van der Waals surface area contributed by atoms with Crippen LogP contribution in [0, 0.1) is 13.8 Å². The van der Waals surface area contributed by atoms with Crippen LogP contribution < -0.4 is 9.64 Å². The van der Waals surface area contributed by atoms with Crippen LogP contribution in [0.1, 0.15) is 24.6 Å². The lowest BCUT2D eigenvalue weighted by molar-refractivity contribution is 0.142. The summed E-state index contributed by atoms with van der Waals surface area (Å²) in [4.78, 5) is 6.68. The third-order valence-corrected chi connectivity index (χ3v) is 4.42. The summed E-state index contributed by atoms with van der Waals surface area (Å²) >= 11 is 0. The zero-order valence-electron chi connectivity index (χ0n) is 15.2. The Morgan fingerprint density at radius 3 is 2.80 bits per heavy atom. The highest BCUT2D eigenvalue weighted by Gasteiger charge is 2.20. The van der Waals surface area contributed by atoms with E-state index < -0.39 is 0 Å². The molecule has 1 atom stereocenters. The zero-order chi connectivity index (χ0) is 17.6. The van der Waals surface area contributed by atoms with Gasteiger partial charge >= 0.3 is 0 Å². The first-order valence-electron chi connectivity index (χ1n) is 8.89. The standard InChI is InChI=1S/C21H26N2O2/c1-4-24-13-11-18-6-5-12-23(18)19-8-10-21(16(2)14-19)25-20-9-7-17(3)22-15-20/h5-10,14-15,18H,4,11-13H2,1-3H3. The molecule has 0 fully saturated rings. The van der Waals surface area contributed by atoms with Crippen LogP contribution in [0.5, 0.6) is 11.5 Å². The van der Waals surface area contributed by atoms with E-state index in [0.717, 1.165) is 48.9 Å². The maximum Gasteiger partial charge on any atom is 0.145 e. The Labute approximate surface area is 150 Å². The fourth-order valence-electron chi connectivity index (χ4n) is 3.04. The van der Waals surface area contributed by atoms with Crippen molar-refractivity contribution < 1.29 is 9.47 Å². The van der Waals surface area contributed by atoms with Gasteiger partial charge in [-0.3, -0.25) is 4.98 Å². The van der Waals surface area contributed by atoms with E-state index >= 15 is 0 Å². The van der Waals surface area contributed by atoms with Crippen LogP contribution in [0.2, 0.25) is 0 Å². The normalized spacial score (nSPS) is 16.4. The van der Waals surface area contributed by atoms with Gasteiger partial charge in [0, 0.05) is 37.2 Å². The Bertz CT molecular complexity index is 725. The number of pyridine rings is 1. The zero-order valence-corrected chi connectivity index (χ0v) is 15.2. The van der Waals surface area contributed by atoms with Crippen molar-refractivity contribution >= 4 is 5.69 Å². The number of nitrogens with zero attached hydrogens (tertiary/aromatic N) is 2. The molecule has 25 heavy (non-hydrogen) atoms. The average Bonchev–Trinajstić information content (AvgIpc) is 3.07. The maximum absolute atomic E-state index is 5.97. The molecule has 1 unspecified atom stereocenters. The molecule has 0 aliphatic carbocycles. The number of aromatic nitrogens is 1. The van der Waals surface area contributed by atoms with E-state index in [0.29, 0.717) is 6.04 Å². The predicted octanol–water partition coefficient (Wildman–Crippen LogP) is 4.66. The van der Waals surface area contributed by atoms with E-state index in [-0.39, 0.29) is 0 Å². The van der Waals surface area contributed by atoms with Crippen molar-refractivity contribution in [2.75, 3.05) is 24.7 Å². The number of hydrogen-bond donors (Lipinski definition) is 0. The lowest BCUT2D eigenvalue weighted by Gasteiger charge is -2.27. The van der Waals surface area contributed by atoms with Crippen LogP contribution in [-0.2, 0) is 4.74 Å². The van der Waals surface area contributed by atoms with Crippen molar-refractivity contribution in [2.24, 2.45) is 0 Å². The van der Waals surface area contributed by atoms with Gasteiger partial charge in [-0.2, -0.15) is 0 Å². The molecule has 2 heterocycles. The first kappa shape index (κ1) is 17.5. The van der Waals surface area contributed by atoms with Crippen LogP contribution in [0.3, 0.4) is 0 Å². The van der Waals surface area contributed by atoms with Gasteiger partial charge in [0.05, 0.1) is 6.20 Å². The molecule has 1 aliphatic heterocycles. The van der Waals surface area contributed by atoms with E-state index in [1.54, 1.807) is 6.20 Å². The molecule has 4 heteroatoms. The van der Waals surface area contributed by atoms with Crippen molar-refractivity contribution in [1.29, 1.82) is 0 Å². The minimum atomic E-state index is 0.402. The van der Waals surface area contributed by atoms with Crippen LogP contribution in [0.25, 0.3) is 0 Å². The molecular formula is C21H26N2O2. The minimum Gasteiger partial charge on any atom is -0.455 e. The van der Waals surface area contributed by atoms with Crippen molar-refractivity contribution in [1.82, 2.24) is 4.98 Å². The highest BCUT2D eigenvalue weighted by molar-refractivity contribution is 5.56. The summed E-state index contributed by atoms with van der Waals surface area (Å²) in [5, 5.41) is 0. The van der Waals surface area contributed by atoms with E-state index in [1.165, 1.54) is 5.69 Å². The topological polar surface area (TPSA) is 34.6 Å². The Morgan fingerprint density at radius 1 is 1.20 bits per heavy atom. The van der Waals surface area contributed by atoms with E-state index in [2.05, 4.69) is 41.1 Å². The molecule has 2 aromatic rings. The molecule has 1 aromatic carbocycles. The number of aryl methyl sites for hydroxylation is 2. The van der Waals surface area contributed by atoms with Gasteiger partial charge in [-0.1, -0.05) is 12.2 Å². The second-order valence-electron chi connectivity index (χ2n) is 6.32. The molecule has 4 nitrogen and oxygen atoms in total. The summed E-state index contributed by atoms with van der Waals surface area (Å²) < 4.78 is 11.5. The number of benzene rings is 1. The van der Waals surface area contributed by atoms with Crippen molar-refractivity contribution in [3.63, 3.8) is 0 Å². The van der Waals surface area contributed by atoms with Gasteiger partial charge in [-0.25, -0.2) is 0 Å². The Balaban J connectivity index is 1.69. The van der Waals surface area contributed by atoms with Gasteiger partial charge in [0.25, 0.3) is 0 Å². The summed E-state index contributed by atoms with van der Waals surface area (Å²) in [5.41, 5.74) is 3.32. The highest BCUT2D eigenvalue weighted by Crippen LogP contribution is 2.31. The number of rotatable bonds is 7. The quantitative estimate of drug-likeness (QED) is 0.543. The number of anilines is 1. The fraction of sp³-hybridized carbons (Fsp3) is 0.381. The molecule has 0 spiro atoms. The molecule has 0 N–H and O–H groups in total. The SMILES string of the molecule is CCOCCC1C=CCN1c1ccc(Oc2ccc(C)nc2)c(C)c1. The summed E-state index contributed by atoms with van der Waals surface area (Å²) in [6.07, 6.45) is 7.28. The molecule has 3 rings (SSSR count). The minimum absolute atomic E-state index is 0.402.